The van der Waals surface area contributed by atoms with Gasteiger partial charge in [-0.2, -0.15) is 13.9 Å². The molecule has 5 nitrogen and oxygen atoms in total. The lowest BCUT2D eigenvalue weighted by Crippen LogP contribution is -2.18. The van der Waals surface area contributed by atoms with Gasteiger partial charge in [-0.3, -0.25) is 4.68 Å². The minimum atomic E-state index is -3.84. The zero-order chi connectivity index (χ0) is 12.5. The van der Waals surface area contributed by atoms with E-state index in [1.807, 2.05) is 0 Å². The molecule has 0 saturated carbocycles. The summed E-state index contributed by atoms with van der Waals surface area (Å²) in [6.07, 6.45) is 0. The second-order valence-electron chi connectivity index (χ2n) is 3.06. The smallest absolute Gasteiger partial charge is 0.365 e. The van der Waals surface area contributed by atoms with E-state index in [2.05, 4.69) is 5.10 Å². The van der Waals surface area contributed by atoms with E-state index in [1.54, 1.807) is 0 Å². The van der Waals surface area contributed by atoms with Crippen LogP contribution in [0.3, 0.4) is 0 Å². The van der Waals surface area contributed by atoms with Crippen LogP contribution in [0, 0.1) is 6.92 Å². The van der Waals surface area contributed by atoms with Gasteiger partial charge in [0.2, 0.25) is 0 Å². The second kappa shape index (κ2) is 4.34. The summed E-state index contributed by atoms with van der Waals surface area (Å²) >= 11 is 4.82. The van der Waals surface area contributed by atoms with E-state index in [9.17, 15) is 13.6 Å². The van der Waals surface area contributed by atoms with E-state index >= 15 is 0 Å². The molecule has 16 heavy (non-hydrogen) atoms. The van der Waals surface area contributed by atoms with Gasteiger partial charge in [0.05, 0.1) is 18.8 Å². The monoisotopic (exact) mass is 254 g/mol. The highest BCUT2D eigenvalue weighted by Gasteiger charge is 2.39. The van der Waals surface area contributed by atoms with Gasteiger partial charge in [-0.25, -0.2) is 4.79 Å². The Balaban J connectivity index is 3.43. The molecule has 0 atom stereocenters. The first-order chi connectivity index (χ1) is 7.29. The molecule has 0 bridgehead atoms. The van der Waals surface area contributed by atoms with E-state index in [1.165, 1.54) is 6.92 Å². The van der Waals surface area contributed by atoms with Gasteiger partial charge in [0.25, 0.3) is 0 Å². The van der Waals surface area contributed by atoms with Crippen LogP contribution in [0.1, 0.15) is 21.7 Å². The summed E-state index contributed by atoms with van der Waals surface area (Å²) in [5.41, 5.74) is -1.61. The van der Waals surface area contributed by atoms with Gasteiger partial charge in [0, 0.05) is 0 Å². The van der Waals surface area contributed by atoms with Crippen molar-refractivity contribution in [3.63, 3.8) is 0 Å². The molecular formula is C8H9ClF2N2O3. The average molecular weight is 255 g/mol. The molecule has 1 heterocycles. The van der Waals surface area contributed by atoms with Crippen molar-refractivity contribution in [3.8, 4) is 0 Å². The highest BCUT2D eigenvalue weighted by molar-refractivity contribution is 6.22. The van der Waals surface area contributed by atoms with Crippen molar-refractivity contribution in [3.05, 3.63) is 17.0 Å². The van der Waals surface area contributed by atoms with Crippen LogP contribution in [-0.2, 0) is 11.9 Å². The first kappa shape index (κ1) is 12.9. The van der Waals surface area contributed by atoms with Crippen molar-refractivity contribution in [1.82, 2.24) is 9.78 Å². The number of aryl methyl sites for hydroxylation is 1. The average Bonchev–Trinajstić information content (AvgIpc) is 2.42. The van der Waals surface area contributed by atoms with Gasteiger partial charge in [-0.15, -0.1) is 0 Å². The number of aliphatic hydroxyl groups excluding tert-OH is 1. The normalized spacial score (nSPS) is 11.8. The summed E-state index contributed by atoms with van der Waals surface area (Å²) < 4.78 is 26.8. The second-order valence-corrected chi connectivity index (χ2v) is 3.53. The number of aliphatic hydroxyl groups is 1. The molecule has 1 aromatic heterocycles. The molecule has 90 valence electrons. The Hall–Kier alpha value is -1.21. The Bertz CT molecular complexity index is 414. The van der Waals surface area contributed by atoms with E-state index in [4.69, 9.17) is 21.8 Å². The van der Waals surface area contributed by atoms with Gasteiger partial charge >= 0.3 is 11.4 Å². The van der Waals surface area contributed by atoms with Crippen molar-refractivity contribution in [2.75, 3.05) is 6.61 Å². The third kappa shape index (κ3) is 2.30. The van der Waals surface area contributed by atoms with Crippen LogP contribution < -0.4 is 0 Å². The van der Waals surface area contributed by atoms with Crippen molar-refractivity contribution in [1.29, 1.82) is 0 Å². The zero-order valence-electron chi connectivity index (χ0n) is 8.25. The maximum atomic E-state index is 13.0. The van der Waals surface area contributed by atoms with Crippen LogP contribution in [0.4, 0.5) is 8.78 Å². The number of carboxylic acids is 1. The predicted molar refractivity (Wildman–Crippen MR) is 50.8 cm³/mol. The number of alkyl halides is 3. The van der Waals surface area contributed by atoms with E-state index in [0.717, 1.165) is 0 Å². The molecule has 0 aliphatic carbocycles. The van der Waals surface area contributed by atoms with Crippen LogP contribution >= 0.6 is 11.6 Å². The zero-order valence-corrected chi connectivity index (χ0v) is 9.00. The predicted octanol–water partition coefficient (Wildman–Crippen LogP) is 1.17. The number of hydrogen-bond donors (Lipinski definition) is 2. The van der Waals surface area contributed by atoms with Crippen LogP contribution in [0.5, 0.6) is 0 Å². The Morgan fingerprint density at radius 1 is 1.62 bits per heavy atom. The highest BCUT2D eigenvalue weighted by atomic mass is 35.5. The number of halogens is 3. The molecule has 0 aliphatic heterocycles. The lowest BCUT2D eigenvalue weighted by Gasteiger charge is -2.11. The molecule has 0 spiro atoms. The fourth-order valence-electron chi connectivity index (χ4n) is 1.38. The third-order valence-electron chi connectivity index (χ3n) is 1.92. The SMILES string of the molecule is Cc1nn(CCO)c(C(F)(F)Cl)c1C(=O)O. The fraction of sp³-hybridized carbons (Fsp3) is 0.500. The van der Waals surface area contributed by atoms with Gasteiger partial charge in [0.15, 0.2) is 0 Å². The Labute approximate surface area is 94.2 Å². The van der Waals surface area contributed by atoms with Crippen LogP contribution in [0.15, 0.2) is 0 Å². The molecule has 1 rings (SSSR count). The minimum Gasteiger partial charge on any atom is -0.478 e. The Morgan fingerprint density at radius 2 is 2.19 bits per heavy atom. The minimum absolute atomic E-state index is 0.0729. The summed E-state index contributed by atoms with van der Waals surface area (Å²) in [6, 6.07) is 0. The van der Waals surface area contributed by atoms with Gasteiger partial charge in [-0.05, 0) is 18.5 Å². The number of aromatic carboxylic acids is 1. The molecule has 0 radical (unpaired) electrons. The molecular weight excluding hydrogens is 246 g/mol. The van der Waals surface area contributed by atoms with E-state index < -0.39 is 29.2 Å². The van der Waals surface area contributed by atoms with Gasteiger partial charge in [-0.1, -0.05) is 0 Å². The molecule has 0 unspecified atom stereocenters. The van der Waals surface area contributed by atoms with Crippen LogP contribution in [-0.4, -0.2) is 32.6 Å². The van der Waals surface area contributed by atoms with Crippen molar-refractivity contribution < 1.29 is 23.8 Å². The summed E-state index contributed by atoms with van der Waals surface area (Å²) in [6.45, 7) is 0.593. The lowest BCUT2D eigenvalue weighted by molar-refractivity contribution is 0.0635. The first-order valence-corrected chi connectivity index (χ1v) is 4.65. The number of rotatable bonds is 4. The fourth-order valence-corrected chi connectivity index (χ4v) is 1.57. The highest BCUT2D eigenvalue weighted by Crippen LogP contribution is 2.35. The van der Waals surface area contributed by atoms with E-state index in [-0.39, 0.29) is 12.2 Å². The third-order valence-corrected chi connectivity index (χ3v) is 2.10. The van der Waals surface area contributed by atoms with Crippen LogP contribution in [0.2, 0.25) is 0 Å². The number of hydrogen-bond acceptors (Lipinski definition) is 3. The summed E-state index contributed by atoms with van der Waals surface area (Å²) in [7, 11) is 0. The van der Waals surface area contributed by atoms with Crippen molar-refractivity contribution >= 4 is 17.6 Å². The van der Waals surface area contributed by atoms with Crippen LogP contribution in [0.25, 0.3) is 0 Å². The topological polar surface area (TPSA) is 75.3 Å². The van der Waals surface area contributed by atoms with Crippen molar-refractivity contribution in [2.24, 2.45) is 0 Å². The maximum Gasteiger partial charge on any atom is 0.365 e. The molecule has 1 aromatic rings. The quantitative estimate of drug-likeness (QED) is 0.791. The Morgan fingerprint density at radius 3 is 2.56 bits per heavy atom. The first-order valence-electron chi connectivity index (χ1n) is 4.27. The summed E-state index contributed by atoms with van der Waals surface area (Å²) in [5.74, 6) is -1.53. The summed E-state index contributed by atoms with van der Waals surface area (Å²) in [5, 5.41) is 17.2. The number of nitrogens with zero attached hydrogens (tertiary/aromatic N) is 2. The number of carboxylic acid groups (broad SMARTS) is 1. The van der Waals surface area contributed by atoms with Gasteiger partial charge in [0.1, 0.15) is 11.3 Å². The largest absolute Gasteiger partial charge is 0.478 e. The molecule has 0 saturated heterocycles. The maximum absolute atomic E-state index is 13.0. The van der Waals surface area contributed by atoms with Crippen molar-refractivity contribution in [2.45, 2.75) is 18.9 Å². The molecule has 8 heteroatoms. The molecule has 2 N–H and O–H groups in total. The summed E-state index contributed by atoms with van der Waals surface area (Å²) in [4.78, 5) is 10.8. The molecule has 0 aliphatic rings. The van der Waals surface area contributed by atoms with Gasteiger partial charge < -0.3 is 10.2 Å². The molecule has 0 fully saturated rings. The molecule has 0 amide bonds. The lowest BCUT2D eigenvalue weighted by atomic mass is 10.2. The van der Waals surface area contributed by atoms with E-state index in [0.29, 0.717) is 4.68 Å². The number of aromatic nitrogens is 2. The molecule has 0 aromatic carbocycles. The standard InChI is InChI=1S/C8H9ClF2N2O3/c1-4-5(7(15)16)6(8(9,10)11)13(12-4)2-3-14/h14H,2-3H2,1H3,(H,15,16). The Kier molecular flexibility index (Phi) is 3.49. The number of carbonyl (C=O) groups is 1.